The van der Waals surface area contributed by atoms with Crippen LogP contribution in [0.15, 0.2) is 47.5 Å². The number of methoxy groups -OCH3 is 2. The molecule has 0 aliphatic heterocycles. The van der Waals surface area contributed by atoms with Gasteiger partial charge in [0, 0.05) is 19.1 Å². The van der Waals surface area contributed by atoms with E-state index in [0.717, 1.165) is 11.1 Å². The molecule has 0 bridgehead atoms. The molecule has 0 radical (unpaired) electrons. The predicted molar refractivity (Wildman–Crippen MR) is 110 cm³/mol. The molecule has 0 heterocycles. The van der Waals surface area contributed by atoms with Crippen molar-refractivity contribution in [3.63, 3.8) is 0 Å². The van der Waals surface area contributed by atoms with Crippen molar-refractivity contribution in [1.29, 1.82) is 0 Å². The van der Waals surface area contributed by atoms with Crippen molar-refractivity contribution >= 4 is 5.96 Å². The first-order chi connectivity index (χ1) is 14.7. The molecule has 170 valence electrons. The van der Waals surface area contributed by atoms with Crippen molar-refractivity contribution in [1.82, 2.24) is 5.32 Å². The Hall–Kier alpha value is -3.14. The molecule has 0 aromatic heterocycles. The van der Waals surface area contributed by atoms with Crippen molar-refractivity contribution < 1.29 is 32.5 Å². The van der Waals surface area contributed by atoms with Crippen LogP contribution in [-0.2, 0) is 13.0 Å². The van der Waals surface area contributed by atoms with Gasteiger partial charge in [-0.15, -0.1) is 13.2 Å². The number of rotatable bonds is 10. The van der Waals surface area contributed by atoms with E-state index in [1.54, 1.807) is 26.4 Å². The molecule has 2 rings (SSSR count). The Morgan fingerprint density at radius 1 is 1.06 bits per heavy atom. The van der Waals surface area contributed by atoms with Crippen LogP contribution < -0.4 is 25.3 Å². The van der Waals surface area contributed by atoms with Crippen LogP contribution >= 0.6 is 0 Å². The summed E-state index contributed by atoms with van der Waals surface area (Å²) in [6, 6.07) is 11.0. The summed E-state index contributed by atoms with van der Waals surface area (Å²) >= 11 is 0. The number of aliphatic hydroxyl groups is 1. The molecular formula is C21H26F3N3O4. The number of ether oxygens (including phenoxy) is 3. The second-order valence-corrected chi connectivity index (χ2v) is 6.72. The molecule has 7 nitrogen and oxygen atoms in total. The molecule has 0 saturated heterocycles. The summed E-state index contributed by atoms with van der Waals surface area (Å²) in [4.78, 5) is 4.27. The number of hydrogen-bond donors (Lipinski definition) is 3. The number of alkyl halides is 3. The fourth-order valence-corrected chi connectivity index (χ4v) is 2.82. The lowest BCUT2D eigenvalue weighted by Gasteiger charge is -2.16. The number of benzene rings is 2. The molecule has 2 aromatic rings. The first kappa shape index (κ1) is 24.1. The van der Waals surface area contributed by atoms with E-state index in [2.05, 4.69) is 15.0 Å². The van der Waals surface area contributed by atoms with Crippen LogP contribution in [0, 0.1) is 5.92 Å². The summed E-state index contributed by atoms with van der Waals surface area (Å²) < 4.78 is 51.0. The van der Waals surface area contributed by atoms with E-state index in [-0.39, 0.29) is 24.2 Å². The predicted octanol–water partition coefficient (Wildman–Crippen LogP) is 2.86. The number of nitrogens with one attached hydrogen (secondary N) is 1. The van der Waals surface area contributed by atoms with Crippen LogP contribution in [-0.4, -0.2) is 44.8 Å². The van der Waals surface area contributed by atoms with Gasteiger partial charge >= 0.3 is 6.36 Å². The van der Waals surface area contributed by atoms with Crippen LogP contribution in [0.5, 0.6) is 17.2 Å². The highest BCUT2D eigenvalue weighted by Crippen LogP contribution is 2.27. The maximum Gasteiger partial charge on any atom is 0.573 e. The van der Waals surface area contributed by atoms with Crippen molar-refractivity contribution in [2.45, 2.75) is 19.3 Å². The fourth-order valence-electron chi connectivity index (χ4n) is 2.82. The first-order valence-corrected chi connectivity index (χ1v) is 9.44. The van der Waals surface area contributed by atoms with Gasteiger partial charge in [-0.25, -0.2) is 4.99 Å². The quantitative estimate of drug-likeness (QED) is 0.388. The summed E-state index contributed by atoms with van der Waals surface area (Å²) in [5.74, 6) is 0.923. The molecule has 4 N–H and O–H groups in total. The van der Waals surface area contributed by atoms with Crippen LogP contribution in [0.25, 0.3) is 0 Å². The van der Waals surface area contributed by atoms with Crippen molar-refractivity contribution in [2.24, 2.45) is 16.6 Å². The number of aliphatic hydroxyl groups excluding tert-OH is 1. The number of hydrogen-bond acceptors (Lipinski definition) is 5. The molecule has 0 aliphatic rings. The second kappa shape index (κ2) is 11.3. The van der Waals surface area contributed by atoms with Gasteiger partial charge in [-0.3, -0.25) is 0 Å². The minimum Gasteiger partial charge on any atom is -0.493 e. The second-order valence-electron chi connectivity index (χ2n) is 6.72. The van der Waals surface area contributed by atoms with Crippen molar-refractivity contribution in [3.05, 3.63) is 53.6 Å². The lowest BCUT2D eigenvalue weighted by atomic mass is 10.00. The van der Waals surface area contributed by atoms with Gasteiger partial charge < -0.3 is 30.4 Å². The maximum atomic E-state index is 12.2. The summed E-state index contributed by atoms with van der Waals surface area (Å²) in [7, 11) is 3.10. The summed E-state index contributed by atoms with van der Waals surface area (Å²) in [6.07, 6.45) is -4.29. The zero-order chi connectivity index (χ0) is 22.9. The van der Waals surface area contributed by atoms with Gasteiger partial charge in [-0.1, -0.05) is 18.2 Å². The van der Waals surface area contributed by atoms with Gasteiger partial charge in [-0.2, -0.15) is 0 Å². The third-order valence-electron chi connectivity index (χ3n) is 4.39. The molecule has 0 saturated carbocycles. The van der Waals surface area contributed by atoms with Crippen LogP contribution in [0.3, 0.4) is 0 Å². The highest BCUT2D eigenvalue weighted by Gasteiger charge is 2.30. The molecule has 1 unspecified atom stereocenters. The minimum atomic E-state index is -4.73. The summed E-state index contributed by atoms with van der Waals surface area (Å²) in [5.41, 5.74) is 7.54. The fraction of sp³-hybridized carbons (Fsp3) is 0.381. The van der Waals surface area contributed by atoms with E-state index in [9.17, 15) is 18.3 Å². The lowest BCUT2D eigenvalue weighted by Crippen LogP contribution is -2.37. The van der Waals surface area contributed by atoms with E-state index >= 15 is 0 Å². The number of aliphatic imine (C=N–C) groups is 1. The molecule has 2 aromatic carbocycles. The number of nitrogens with two attached hydrogens (primary N) is 1. The third-order valence-corrected chi connectivity index (χ3v) is 4.39. The highest BCUT2D eigenvalue weighted by atomic mass is 19.4. The Labute approximate surface area is 178 Å². The van der Waals surface area contributed by atoms with E-state index in [1.807, 2.05) is 6.07 Å². The zero-order valence-electron chi connectivity index (χ0n) is 17.3. The molecule has 0 fully saturated rings. The molecule has 10 heteroatoms. The monoisotopic (exact) mass is 441 g/mol. The molecular weight excluding hydrogens is 415 g/mol. The van der Waals surface area contributed by atoms with Crippen molar-refractivity contribution in [2.75, 3.05) is 27.4 Å². The van der Waals surface area contributed by atoms with Crippen molar-refractivity contribution in [3.8, 4) is 17.2 Å². The average Bonchev–Trinajstić information content (AvgIpc) is 2.75. The first-order valence-electron chi connectivity index (χ1n) is 9.44. The summed E-state index contributed by atoms with van der Waals surface area (Å²) in [5, 5.41) is 12.6. The zero-order valence-corrected chi connectivity index (χ0v) is 17.3. The Morgan fingerprint density at radius 2 is 1.71 bits per heavy atom. The Balaban J connectivity index is 1.87. The molecule has 0 spiro atoms. The summed E-state index contributed by atoms with van der Waals surface area (Å²) in [6.45, 7) is 0.541. The number of guanidine groups is 1. The maximum absolute atomic E-state index is 12.2. The average molecular weight is 441 g/mol. The van der Waals surface area contributed by atoms with E-state index < -0.39 is 6.36 Å². The lowest BCUT2D eigenvalue weighted by molar-refractivity contribution is -0.274. The third kappa shape index (κ3) is 8.25. The number of nitrogens with zero attached hydrogens (tertiary/aromatic N) is 1. The Morgan fingerprint density at radius 3 is 2.29 bits per heavy atom. The van der Waals surface area contributed by atoms with Crippen LogP contribution in [0.2, 0.25) is 0 Å². The van der Waals surface area contributed by atoms with Gasteiger partial charge in [0.25, 0.3) is 0 Å². The molecule has 1 atom stereocenters. The topological polar surface area (TPSA) is 98.3 Å². The van der Waals surface area contributed by atoms with Gasteiger partial charge in [0.1, 0.15) is 5.75 Å². The molecule has 0 amide bonds. The molecule has 31 heavy (non-hydrogen) atoms. The van der Waals surface area contributed by atoms with E-state index in [4.69, 9.17) is 15.2 Å². The van der Waals surface area contributed by atoms with E-state index in [0.29, 0.717) is 31.0 Å². The Kier molecular flexibility index (Phi) is 8.80. The van der Waals surface area contributed by atoms with Gasteiger partial charge in [0.2, 0.25) is 0 Å². The van der Waals surface area contributed by atoms with Gasteiger partial charge in [-0.05, 0) is 41.8 Å². The number of halogens is 3. The largest absolute Gasteiger partial charge is 0.573 e. The molecule has 0 aliphatic carbocycles. The Bertz CT molecular complexity index is 858. The SMILES string of the molecule is COc1ccc(CN=C(N)NCC(CO)Cc2ccc(OC(F)(F)F)cc2)cc1OC. The van der Waals surface area contributed by atoms with Crippen LogP contribution in [0.4, 0.5) is 13.2 Å². The highest BCUT2D eigenvalue weighted by molar-refractivity contribution is 5.77. The van der Waals surface area contributed by atoms with Gasteiger partial charge in [0.15, 0.2) is 17.5 Å². The van der Waals surface area contributed by atoms with E-state index in [1.165, 1.54) is 24.3 Å². The van der Waals surface area contributed by atoms with Crippen LogP contribution in [0.1, 0.15) is 11.1 Å². The standard InChI is InChI=1S/C21H26F3N3O4/c1-29-18-8-5-15(10-19(18)30-2)11-26-20(25)27-12-16(13-28)9-14-3-6-17(7-4-14)31-21(22,23)24/h3-8,10,16,28H,9,11-13H2,1-2H3,(H3,25,26,27). The smallest absolute Gasteiger partial charge is 0.493 e. The normalized spacial score (nSPS) is 12.9. The van der Waals surface area contributed by atoms with Gasteiger partial charge in [0.05, 0.1) is 20.8 Å². The minimum absolute atomic E-state index is 0.128.